The molecular formula is C10H22N2O2S. The maximum atomic E-state index is 11.8. The second kappa shape index (κ2) is 5.61. The number of amides is 1. The SMILES string of the molecule is CC(CN)S(=O)C(C)C(=O)NC(C)(C)C. The Morgan fingerprint density at radius 1 is 1.40 bits per heavy atom. The normalized spacial score (nSPS) is 18.0. The van der Waals surface area contributed by atoms with E-state index in [1.54, 1.807) is 13.8 Å². The minimum absolute atomic E-state index is 0.147. The van der Waals surface area contributed by atoms with Crippen LogP contribution in [0.25, 0.3) is 0 Å². The number of hydrogen-bond donors (Lipinski definition) is 2. The van der Waals surface area contributed by atoms with Crippen LogP contribution in [0.5, 0.6) is 0 Å². The minimum Gasteiger partial charge on any atom is -0.350 e. The average molecular weight is 234 g/mol. The lowest BCUT2D eigenvalue weighted by atomic mass is 10.1. The van der Waals surface area contributed by atoms with Gasteiger partial charge in [-0.05, 0) is 34.6 Å². The van der Waals surface area contributed by atoms with Crippen LogP contribution in [0.4, 0.5) is 0 Å². The molecule has 0 aromatic heterocycles. The summed E-state index contributed by atoms with van der Waals surface area (Å²) in [4.78, 5) is 11.7. The van der Waals surface area contributed by atoms with E-state index in [4.69, 9.17) is 5.73 Å². The topological polar surface area (TPSA) is 72.2 Å². The third-order valence-electron chi connectivity index (χ3n) is 1.94. The van der Waals surface area contributed by atoms with E-state index in [-0.39, 0.29) is 16.7 Å². The van der Waals surface area contributed by atoms with Gasteiger partial charge in [0.2, 0.25) is 5.91 Å². The van der Waals surface area contributed by atoms with Gasteiger partial charge < -0.3 is 11.1 Å². The van der Waals surface area contributed by atoms with E-state index in [0.29, 0.717) is 6.54 Å². The van der Waals surface area contributed by atoms with Crippen molar-refractivity contribution in [3.63, 3.8) is 0 Å². The van der Waals surface area contributed by atoms with Gasteiger partial charge in [0.1, 0.15) is 5.25 Å². The van der Waals surface area contributed by atoms with Gasteiger partial charge in [0, 0.05) is 28.1 Å². The van der Waals surface area contributed by atoms with E-state index in [2.05, 4.69) is 5.32 Å². The molecule has 0 saturated carbocycles. The van der Waals surface area contributed by atoms with Crippen LogP contribution in [0.15, 0.2) is 0 Å². The number of rotatable bonds is 4. The molecule has 0 aliphatic carbocycles. The second-order valence-electron chi connectivity index (χ2n) is 4.76. The zero-order chi connectivity index (χ0) is 12.2. The first kappa shape index (κ1) is 14.6. The lowest BCUT2D eigenvalue weighted by molar-refractivity contribution is -0.121. The number of nitrogens with two attached hydrogens (primary N) is 1. The predicted molar refractivity (Wildman–Crippen MR) is 64.0 cm³/mol. The third-order valence-corrected chi connectivity index (χ3v) is 3.84. The molecule has 0 aromatic rings. The molecule has 3 N–H and O–H groups in total. The largest absolute Gasteiger partial charge is 0.350 e. The van der Waals surface area contributed by atoms with Crippen molar-refractivity contribution >= 4 is 16.7 Å². The van der Waals surface area contributed by atoms with E-state index in [0.717, 1.165) is 0 Å². The molecule has 0 bridgehead atoms. The monoisotopic (exact) mass is 234 g/mol. The Balaban J connectivity index is 4.39. The molecule has 0 aromatic carbocycles. The Morgan fingerprint density at radius 2 is 1.87 bits per heavy atom. The van der Waals surface area contributed by atoms with Crippen LogP contribution in [-0.4, -0.2) is 32.7 Å². The average Bonchev–Trinajstić information content (AvgIpc) is 2.11. The summed E-state index contributed by atoms with van der Waals surface area (Å²) in [5.74, 6) is -0.180. The van der Waals surface area contributed by atoms with Gasteiger partial charge in [-0.2, -0.15) is 0 Å². The smallest absolute Gasteiger partial charge is 0.235 e. The highest BCUT2D eigenvalue weighted by atomic mass is 32.2. The molecule has 4 nitrogen and oxygen atoms in total. The van der Waals surface area contributed by atoms with Crippen LogP contribution < -0.4 is 11.1 Å². The first-order valence-electron chi connectivity index (χ1n) is 5.10. The molecule has 0 heterocycles. The predicted octanol–water partition coefficient (Wildman–Crippen LogP) is 0.386. The molecule has 0 aliphatic heterocycles. The highest BCUT2D eigenvalue weighted by Gasteiger charge is 2.26. The first-order chi connectivity index (χ1) is 6.69. The van der Waals surface area contributed by atoms with E-state index in [9.17, 15) is 9.00 Å². The summed E-state index contributed by atoms with van der Waals surface area (Å²) in [6.45, 7) is 9.48. The lowest BCUT2D eigenvalue weighted by Crippen LogP contribution is -2.47. The molecule has 0 spiro atoms. The van der Waals surface area contributed by atoms with Crippen LogP contribution >= 0.6 is 0 Å². The molecule has 90 valence electrons. The first-order valence-corrected chi connectivity index (χ1v) is 6.38. The molecule has 15 heavy (non-hydrogen) atoms. The summed E-state index contributed by atoms with van der Waals surface area (Å²) in [7, 11) is -1.21. The Hall–Kier alpha value is -0.420. The summed E-state index contributed by atoms with van der Waals surface area (Å²) in [6.07, 6.45) is 0. The number of nitrogens with one attached hydrogen (secondary N) is 1. The molecule has 5 heteroatoms. The van der Waals surface area contributed by atoms with Gasteiger partial charge in [-0.3, -0.25) is 9.00 Å². The van der Waals surface area contributed by atoms with Crippen molar-refractivity contribution in [2.45, 2.75) is 50.7 Å². The standard InChI is InChI=1S/C10H22N2O2S/c1-7(6-11)15(14)8(2)9(13)12-10(3,4)5/h7-8H,6,11H2,1-5H3,(H,12,13). The molecule has 3 atom stereocenters. The third kappa shape index (κ3) is 5.28. The van der Waals surface area contributed by atoms with Crippen molar-refractivity contribution in [2.24, 2.45) is 5.73 Å². The summed E-state index contributed by atoms with van der Waals surface area (Å²) in [5.41, 5.74) is 5.12. The Kier molecular flexibility index (Phi) is 5.45. The van der Waals surface area contributed by atoms with Gasteiger partial charge >= 0.3 is 0 Å². The van der Waals surface area contributed by atoms with Crippen molar-refractivity contribution in [1.29, 1.82) is 0 Å². The van der Waals surface area contributed by atoms with E-state index in [1.165, 1.54) is 0 Å². The maximum Gasteiger partial charge on any atom is 0.235 e. The van der Waals surface area contributed by atoms with Gasteiger partial charge in [0.15, 0.2) is 0 Å². The van der Waals surface area contributed by atoms with Gasteiger partial charge in [0.05, 0.1) is 0 Å². The highest BCUT2D eigenvalue weighted by Crippen LogP contribution is 2.06. The molecule has 0 fully saturated rings. The van der Waals surface area contributed by atoms with Crippen LogP contribution in [0, 0.1) is 0 Å². The minimum atomic E-state index is -1.21. The van der Waals surface area contributed by atoms with Gasteiger partial charge in [0.25, 0.3) is 0 Å². The fourth-order valence-electron chi connectivity index (χ4n) is 1.02. The van der Waals surface area contributed by atoms with E-state index >= 15 is 0 Å². The van der Waals surface area contributed by atoms with Gasteiger partial charge in [-0.15, -0.1) is 0 Å². The molecule has 1 amide bonds. The van der Waals surface area contributed by atoms with Gasteiger partial charge in [-0.25, -0.2) is 0 Å². The van der Waals surface area contributed by atoms with Crippen LogP contribution in [0.3, 0.4) is 0 Å². The molecule has 0 rings (SSSR count). The number of carbonyl (C=O) groups is 1. The molecule has 0 radical (unpaired) electrons. The quantitative estimate of drug-likeness (QED) is 0.739. The van der Waals surface area contributed by atoms with Gasteiger partial charge in [-0.1, -0.05) is 0 Å². The van der Waals surface area contributed by atoms with Crippen molar-refractivity contribution < 1.29 is 9.00 Å². The Morgan fingerprint density at radius 3 is 2.20 bits per heavy atom. The fraction of sp³-hybridized carbons (Fsp3) is 0.900. The lowest BCUT2D eigenvalue weighted by Gasteiger charge is -2.24. The fourth-order valence-corrected chi connectivity index (χ4v) is 2.18. The van der Waals surface area contributed by atoms with E-state index < -0.39 is 16.0 Å². The van der Waals surface area contributed by atoms with Crippen molar-refractivity contribution in [2.75, 3.05) is 6.54 Å². The summed E-state index contributed by atoms with van der Waals surface area (Å²) in [6, 6.07) is 0. The highest BCUT2D eigenvalue weighted by molar-refractivity contribution is 7.87. The molecular weight excluding hydrogens is 212 g/mol. The second-order valence-corrected chi connectivity index (χ2v) is 6.93. The summed E-state index contributed by atoms with van der Waals surface area (Å²) < 4.78 is 11.8. The van der Waals surface area contributed by atoms with E-state index in [1.807, 2.05) is 20.8 Å². The molecule has 3 unspecified atom stereocenters. The zero-order valence-corrected chi connectivity index (χ0v) is 11.0. The number of carbonyl (C=O) groups excluding carboxylic acids is 1. The van der Waals surface area contributed by atoms with Crippen LogP contribution in [-0.2, 0) is 15.6 Å². The van der Waals surface area contributed by atoms with Crippen LogP contribution in [0.2, 0.25) is 0 Å². The Labute approximate surface area is 94.4 Å². The zero-order valence-electron chi connectivity index (χ0n) is 10.2. The Bertz CT molecular complexity index is 248. The summed E-state index contributed by atoms with van der Waals surface area (Å²) in [5, 5.41) is 2.15. The van der Waals surface area contributed by atoms with Crippen LogP contribution in [0.1, 0.15) is 34.6 Å². The van der Waals surface area contributed by atoms with Crippen molar-refractivity contribution in [3.05, 3.63) is 0 Å². The number of hydrogen-bond acceptors (Lipinski definition) is 3. The molecule has 0 saturated heterocycles. The molecule has 0 aliphatic rings. The summed E-state index contributed by atoms with van der Waals surface area (Å²) >= 11 is 0. The maximum absolute atomic E-state index is 11.8. The van der Waals surface area contributed by atoms with Crippen molar-refractivity contribution in [1.82, 2.24) is 5.32 Å². The van der Waals surface area contributed by atoms with Crippen molar-refractivity contribution in [3.8, 4) is 0 Å².